The van der Waals surface area contributed by atoms with E-state index < -0.39 is 86.5 Å². The molecule has 10 N–H and O–H groups in total. The van der Waals surface area contributed by atoms with E-state index in [4.69, 9.17) is 29.8 Å². The maximum Gasteiger partial charge on any atom is 0.364 e. The quantitative estimate of drug-likeness (QED) is 0.110. The molecule has 2 heterocycles. The predicted octanol–water partition coefficient (Wildman–Crippen LogP) is -4.01. The van der Waals surface area contributed by atoms with E-state index in [0.717, 1.165) is 6.42 Å². The molecule has 0 aromatic heterocycles. The van der Waals surface area contributed by atoms with Crippen molar-refractivity contribution in [2.45, 2.75) is 93.0 Å². The van der Waals surface area contributed by atoms with Crippen molar-refractivity contribution in [2.24, 2.45) is 5.73 Å². The van der Waals surface area contributed by atoms with Crippen molar-refractivity contribution in [3.63, 3.8) is 0 Å². The van der Waals surface area contributed by atoms with Crippen LogP contribution < -0.4 is 5.73 Å². The summed E-state index contributed by atoms with van der Waals surface area (Å²) >= 11 is 0. The van der Waals surface area contributed by atoms with Crippen LogP contribution in [-0.2, 0) is 23.7 Å². The van der Waals surface area contributed by atoms with Crippen molar-refractivity contribution in [3.05, 3.63) is 0 Å². The molecule has 0 aromatic rings. The highest BCUT2D eigenvalue weighted by Crippen LogP contribution is 2.36. The van der Waals surface area contributed by atoms with Crippen molar-refractivity contribution in [2.75, 3.05) is 26.4 Å². The van der Waals surface area contributed by atoms with E-state index in [9.17, 15) is 40.5 Å². The van der Waals surface area contributed by atoms with E-state index in [-0.39, 0.29) is 13.0 Å². The summed E-state index contributed by atoms with van der Waals surface area (Å²) in [5.74, 6) is -3.69. The van der Waals surface area contributed by atoms with Crippen LogP contribution in [0.25, 0.3) is 0 Å². The molecule has 14 heteroatoms. The number of ether oxygens (including phenoxy) is 4. The number of aliphatic carboxylic acids is 1. The maximum atomic E-state index is 12.0. The summed E-state index contributed by atoms with van der Waals surface area (Å²) < 4.78 is 22.1. The average Bonchev–Trinajstić information content (AvgIpc) is 2.80. The largest absolute Gasteiger partial charge is 0.477 e. The van der Waals surface area contributed by atoms with Gasteiger partial charge in [-0.1, -0.05) is 0 Å². The van der Waals surface area contributed by atoms with Gasteiger partial charge >= 0.3 is 5.97 Å². The molecule has 0 aliphatic carbocycles. The summed E-state index contributed by atoms with van der Waals surface area (Å²) in [5.41, 5.74) is 5.43. The van der Waals surface area contributed by atoms with Crippen LogP contribution >= 0.6 is 0 Å². The molecule has 2 fully saturated rings. The third kappa shape index (κ3) is 6.81. The average molecular weight is 500 g/mol. The van der Waals surface area contributed by atoms with Crippen molar-refractivity contribution in [1.82, 2.24) is 0 Å². The first-order chi connectivity index (χ1) is 16.1. The second-order valence-corrected chi connectivity index (χ2v) is 8.49. The van der Waals surface area contributed by atoms with Gasteiger partial charge in [-0.2, -0.15) is 0 Å². The summed E-state index contributed by atoms with van der Waals surface area (Å²) in [5, 5.41) is 79.4. The monoisotopic (exact) mass is 499 g/mol. The van der Waals surface area contributed by atoms with Gasteiger partial charge in [0.25, 0.3) is 5.79 Å². The molecule has 2 aliphatic rings. The van der Waals surface area contributed by atoms with Crippen LogP contribution in [-0.4, -0.2) is 134 Å². The SMILES string of the molecule is NCCCCCO[C@]1(C(=O)O)CC(O)[C@@H](O[C@H]2OC([C@@H](O)CO)[C@@H](O)C(O)C2O)C(CCO)O1. The number of aliphatic hydroxyl groups excluding tert-OH is 7. The third-order valence-electron chi connectivity index (χ3n) is 5.95. The Bertz CT molecular complexity index is 627. The van der Waals surface area contributed by atoms with Crippen LogP contribution in [0.1, 0.15) is 32.1 Å². The molecule has 0 saturated carbocycles. The fourth-order valence-electron chi connectivity index (χ4n) is 4.04. The number of nitrogens with two attached hydrogens (primary N) is 1. The standard InChI is InChI=1S/C20H37NO13/c21-5-2-1-3-7-31-20(19(29)30)8-10(24)16(12(34-20)4-6-22)32-18-15(28)13(26)14(27)17(33-18)11(25)9-23/h10-18,22-28H,1-9,21H2,(H,29,30)/t10?,11-,12?,13?,14-,15?,16+,17?,18-,20+/m0/s1. The Hall–Kier alpha value is -1.01. The molecule has 0 bridgehead atoms. The normalized spacial score (nSPS) is 39.6. The highest BCUT2D eigenvalue weighted by molar-refractivity contribution is 5.76. The number of hydrogen-bond donors (Lipinski definition) is 9. The van der Waals surface area contributed by atoms with Gasteiger partial charge in [0.1, 0.15) is 36.6 Å². The second kappa shape index (κ2) is 13.3. The van der Waals surface area contributed by atoms with Crippen molar-refractivity contribution < 1.29 is 64.6 Å². The van der Waals surface area contributed by atoms with E-state index in [1.807, 2.05) is 0 Å². The van der Waals surface area contributed by atoms with E-state index in [2.05, 4.69) is 0 Å². The molecule has 2 rings (SSSR count). The minimum Gasteiger partial charge on any atom is -0.477 e. The molecule has 0 amide bonds. The number of rotatable bonds is 13. The number of aliphatic hydroxyl groups is 7. The number of carbonyl (C=O) groups is 1. The number of carboxylic acids is 1. The zero-order valence-electron chi connectivity index (χ0n) is 18.8. The Kier molecular flexibility index (Phi) is 11.5. The lowest BCUT2D eigenvalue weighted by Gasteiger charge is -2.47. The van der Waals surface area contributed by atoms with Crippen molar-refractivity contribution in [1.29, 1.82) is 0 Å². The molecule has 0 spiro atoms. The Labute approximate surface area is 196 Å². The van der Waals surface area contributed by atoms with Crippen molar-refractivity contribution >= 4 is 5.97 Å². The van der Waals surface area contributed by atoms with Crippen LogP contribution in [0.15, 0.2) is 0 Å². The van der Waals surface area contributed by atoms with Gasteiger partial charge in [0.2, 0.25) is 0 Å². The number of hydrogen-bond acceptors (Lipinski definition) is 13. The molecule has 14 nitrogen and oxygen atoms in total. The zero-order valence-corrected chi connectivity index (χ0v) is 18.8. The fourth-order valence-corrected chi connectivity index (χ4v) is 4.04. The van der Waals surface area contributed by atoms with Gasteiger partial charge in [0.15, 0.2) is 6.29 Å². The fraction of sp³-hybridized carbons (Fsp3) is 0.950. The minimum absolute atomic E-state index is 0.0195. The molecule has 5 unspecified atom stereocenters. The van der Waals surface area contributed by atoms with Gasteiger partial charge in [-0.15, -0.1) is 0 Å². The van der Waals surface area contributed by atoms with Crippen LogP contribution in [0.2, 0.25) is 0 Å². The first kappa shape index (κ1) is 29.2. The van der Waals surface area contributed by atoms with Gasteiger partial charge < -0.3 is 65.5 Å². The zero-order chi connectivity index (χ0) is 25.5. The van der Waals surface area contributed by atoms with E-state index in [1.165, 1.54) is 0 Å². The Morgan fingerprint density at radius 3 is 2.38 bits per heavy atom. The number of unbranched alkanes of at least 4 members (excludes halogenated alkanes) is 2. The van der Waals surface area contributed by atoms with Gasteiger partial charge in [-0.3, -0.25) is 0 Å². The van der Waals surface area contributed by atoms with Gasteiger partial charge in [0.05, 0.1) is 25.4 Å². The smallest absolute Gasteiger partial charge is 0.364 e. The molecule has 0 aromatic carbocycles. The molecular weight excluding hydrogens is 462 g/mol. The summed E-state index contributed by atoms with van der Waals surface area (Å²) in [6.45, 7) is -0.784. The lowest BCUT2D eigenvalue weighted by atomic mass is 9.92. The van der Waals surface area contributed by atoms with Gasteiger partial charge in [-0.05, 0) is 32.2 Å². The highest BCUT2D eigenvalue weighted by Gasteiger charge is 2.55. The van der Waals surface area contributed by atoms with Crippen LogP contribution in [0.5, 0.6) is 0 Å². The summed E-state index contributed by atoms with van der Waals surface area (Å²) in [6.07, 6.45) is -13.1. The predicted molar refractivity (Wildman–Crippen MR) is 111 cm³/mol. The van der Waals surface area contributed by atoms with E-state index >= 15 is 0 Å². The van der Waals surface area contributed by atoms with Crippen LogP contribution in [0.4, 0.5) is 0 Å². The van der Waals surface area contributed by atoms with E-state index in [0.29, 0.717) is 19.4 Å². The first-order valence-corrected chi connectivity index (χ1v) is 11.3. The molecule has 2 aliphatic heterocycles. The van der Waals surface area contributed by atoms with E-state index in [1.54, 1.807) is 0 Å². The summed E-state index contributed by atoms with van der Waals surface area (Å²) in [6, 6.07) is 0. The first-order valence-electron chi connectivity index (χ1n) is 11.3. The van der Waals surface area contributed by atoms with Gasteiger partial charge in [-0.25, -0.2) is 4.79 Å². The maximum absolute atomic E-state index is 12.0. The second-order valence-electron chi connectivity index (χ2n) is 8.49. The highest BCUT2D eigenvalue weighted by atomic mass is 16.7. The molecule has 2 saturated heterocycles. The van der Waals surface area contributed by atoms with Gasteiger partial charge in [0, 0.05) is 13.0 Å². The lowest BCUT2D eigenvalue weighted by molar-refractivity contribution is -0.363. The summed E-state index contributed by atoms with van der Waals surface area (Å²) in [7, 11) is 0. The minimum atomic E-state index is -2.21. The Balaban J connectivity index is 2.16. The molecular formula is C20H37NO13. The Morgan fingerprint density at radius 1 is 1.09 bits per heavy atom. The topological polar surface area (TPSA) is 242 Å². The summed E-state index contributed by atoms with van der Waals surface area (Å²) in [4.78, 5) is 12.0. The Morgan fingerprint density at radius 2 is 1.79 bits per heavy atom. The molecule has 10 atom stereocenters. The third-order valence-corrected chi connectivity index (χ3v) is 5.95. The van der Waals surface area contributed by atoms with Crippen LogP contribution in [0, 0.1) is 0 Å². The molecule has 200 valence electrons. The van der Waals surface area contributed by atoms with Crippen molar-refractivity contribution in [3.8, 4) is 0 Å². The number of carboxylic acid groups (broad SMARTS) is 1. The lowest BCUT2D eigenvalue weighted by Crippen LogP contribution is -2.65. The van der Waals surface area contributed by atoms with Crippen LogP contribution in [0.3, 0.4) is 0 Å². The molecule has 0 radical (unpaired) electrons. The molecule has 34 heavy (non-hydrogen) atoms.